The van der Waals surface area contributed by atoms with Crippen LogP contribution < -0.4 is 14.8 Å². The van der Waals surface area contributed by atoms with Crippen molar-refractivity contribution in [3.8, 4) is 17.6 Å². The fourth-order valence-electron chi connectivity index (χ4n) is 2.44. The molecule has 2 aromatic carbocycles. The van der Waals surface area contributed by atoms with Crippen molar-refractivity contribution >= 4 is 51.0 Å². The first-order valence-electron chi connectivity index (χ1n) is 8.24. The van der Waals surface area contributed by atoms with E-state index in [1.54, 1.807) is 47.4 Å². The minimum atomic E-state index is -0.238. The Bertz CT molecular complexity index is 1070. The van der Waals surface area contributed by atoms with Crippen molar-refractivity contribution < 1.29 is 14.3 Å². The highest BCUT2D eigenvalue weighted by atomic mass is 32.2. The van der Waals surface area contributed by atoms with E-state index in [0.717, 1.165) is 25.8 Å². The quantitative estimate of drug-likeness (QED) is 0.452. The van der Waals surface area contributed by atoms with Crippen LogP contribution in [0.5, 0.6) is 11.5 Å². The number of benzene rings is 2. The van der Waals surface area contributed by atoms with Crippen LogP contribution in [0.1, 0.15) is 5.56 Å². The van der Waals surface area contributed by atoms with Gasteiger partial charge >= 0.3 is 0 Å². The molecule has 0 saturated heterocycles. The summed E-state index contributed by atoms with van der Waals surface area (Å²) in [5.41, 5.74) is 2.42. The Hall–Kier alpha value is -3.02. The molecule has 0 aliphatic rings. The molecule has 0 aliphatic heterocycles. The van der Waals surface area contributed by atoms with Crippen molar-refractivity contribution in [3.63, 3.8) is 0 Å². The molecule has 1 heterocycles. The summed E-state index contributed by atoms with van der Waals surface area (Å²) in [6.07, 6.45) is 5.13. The number of carbonyl (C=O) groups is 1. The summed E-state index contributed by atoms with van der Waals surface area (Å²) in [6.45, 7) is -0.0590. The summed E-state index contributed by atoms with van der Waals surface area (Å²) < 4.78 is 12.6. The molecule has 8 heteroatoms. The molecule has 0 fully saturated rings. The van der Waals surface area contributed by atoms with Gasteiger partial charge in [-0.1, -0.05) is 17.8 Å². The molecule has 0 aliphatic carbocycles. The topological polar surface area (TPSA) is 84.2 Å². The first-order valence-corrected chi connectivity index (χ1v) is 10.3. The Labute approximate surface area is 170 Å². The van der Waals surface area contributed by atoms with Crippen LogP contribution in [-0.2, 0) is 4.79 Å². The number of carbonyl (C=O) groups excluding carboxylic acids is 1. The SMILES string of the molecule is COc1cc(/C=C/C(=O)Nc2ccc3nc(SC)sc3c2)ccc1OCC#N. The molecule has 1 N–H and O–H groups in total. The number of ether oxygens (including phenoxy) is 2. The standard InChI is InChI=1S/C20H17N3O3S2/c1-25-17-11-13(3-7-16(17)26-10-9-21)4-8-19(24)22-14-5-6-15-18(12-14)28-20(23-15)27-2/h3-8,11-12H,10H2,1-2H3,(H,22,24)/b8-4+. The van der Waals surface area contributed by atoms with Gasteiger partial charge in [0.2, 0.25) is 5.91 Å². The van der Waals surface area contributed by atoms with Gasteiger partial charge in [0.1, 0.15) is 6.07 Å². The second-order valence-electron chi connectivity index (χ2n) is 5.55. The lowest BCUT2D eigenvalue weighted by atomic mass is 10.2. The van der Waals surface area contributed by atoms with E-state index in [1.807, 2.05) is 30.5 Å². The lowest BCUT2D eigenvalue weighted by Gasteiger charge is -2.08. The molecular weight excluding hydrogens is 394 g/mol. The minimum Gasteiger partial charge on any atom is -0.493 e. The van der Waals surface area contributed by atoms with E-state index in [0.29, 0.717) is 11.5 Å². The average Bonchev–Trinajstić information content (AvgIpc) is 3.13. The zero-order chi connectivity index (χ0) is 19.9. The number of aromatic nitrogens is 1. The van der Waals surface area contributed by atoms with Crippen LogP contribution in [0.3, 0.4) is 0 Å². The first kappa shape index (κ1) is 19.7. The van der Waals surface area contributed by atoms with Crippen LogP contribution in [0.25, 0.3) is 16.3 Å². The summed E-state index contributed by atoms with van der Waals surface area (Å²) in [4.78, 5) is 16.7. The van der Waals surface area contributed by atoms with Crippen molar-refractivity contribution in [2.75, 3.05) is 25.3 Å². The summed E-state index contributed by atoms with van der Waals surface area (Å²) in [5.74, 6) is 0.740. The Kier molecular flexibility index (Phi) is 6.53. The van der Waals surface area contributed by atoms with Crippen molar-refractivity contribution in [3.05, 3.63) is 48.0 Å². The fourth-order valence-corrected chi connectivity index (χ4v) is 3.97. The maximum Gasteiger partial charge on any atom is 0.248 e. The maximum absolute atomic E-state index is 12.2. The monoisotopic (exact) mass is 411 g/mol. The van der Waals surface area contributed by atoms with E-state index in [-0.39, 0.29) is 12.5 Å². The minimum absolute atomic E-state index is 0.0590. The lowest BCUT2D eigenvalue weighted by Crippen LogP contribution is -2.07. The molecule has 0 radical (unpaired) electrons. The first-order chi connectivity index (χ1) is 13.6. The van der Waals surface area contributed by atoms with Gasteiger partial charge in [-0.3, -0.25) is 4.79 Å². The van der Waals surface area contributed by atoms with Crippen LogP contribution >= 0.6 is 23.1 Å². The van der Waals surface area contributed by atoms with E-state index in [1.165, 1.54) is 13.2 Å². The van der Waals surface area contributed by atoms with Gasteiger partial charge in [-0.05, 0) is 48.2 Å². The van der Waals surface area contributed by atoms with Gasteiger partial charge in [-0.15, -0.1) is 11.3 Å². The number of fused-ring (bicyclic) bond motifs is 1. The van der Waals surface area contributed by atoms with E-state index < -0.39 is 0 Å². The number of thioether (sulfide) groups is 1. The molecule has 3 rings (SSSR count). The van der Waals surface area contributed by atoms with Gasteiger partial charge < -0.3 is 14.8 Å². The highest BCUT2D eigenvalue weighted by molar-refractivity contribution is 8.00. The Morgan fingerprint density at radius 3 is 2.93 bits per heavy atom. The van der Waals surface area contributed by atoms with Crippen molar-refractivity contribution in [1.29, 1.82) is 5.26 Å². The van der Waals surface area contributed by atoms with Gasteiger partial charge in [0.15, 0.2) is 22.4 Å². The number of anilines is 1. The number of nitrogens with zero attached hydrogens (tertiary/aromatic N) is 2. The molecule has 142 valence electrons. The Morgan fingerprint density at radius 2 is 2.18 bits per heavy atom. The van der Waals surface area contributed by atoms with E-state index in [9.17, 15) is 4.79 Å². The number of hydrogen-bond acceptors (Lipinski definition) is 7. The second kappa shape index (κ2) is 9.26. The zero-order valence-corrected chi connectivity index (χ0v) is 16.9. The molecule has 6 nitrogen and oxygen atoms in total. The molecule has 1 amide bonds. The van der Waals surface area contributed by atoms with E-state index >= 15 is 0 Å². The van der Waals surface area contributed by atoms with Crippen LogP contribution in [0.15, 0.2) is 46.8 Å². The van der Waals surface area contributed by atoms with Crippen molar-refractivity contribution in [1.82, 2.24) is 4.98 Å². The normalized spacial score (nSPS) is 10.8. The smallest absolute Gasteiger partial charge is 0.248 e. The number of hydrogen-bond donors (Lipinski definition) is 1. The Morgan fingerprint density at radius 1 is 1.32 bits per heavy atom. The molecule has 3 aromatic rings. The zero-order valence-electron chi connectivity index (χ0n) is 15.3. The maximum atomic E-state index is 12.2. The van der Waals surface area contributed by atoms with Gasteiger partial charge in [0, 0.05) is 11.8 Å². The van der Waals surface area contributed by atoms with Gasteiger partial charge in [0.05, 0.1) is 17.3 Å². The molecule has 0 bridgehead atoms. The molecule has 1 aromatic heterocycles. The Balaban J connectivity index is 1.68. The third kappa shape index (κ3) is 4.82. The predicted octanol–water partition coefficient (Wildman–Crippen LogP) is 4.58. The second-order valence-corrected chi connectivity index (χ2v) is 7.63. The van der Waals surface area contributed by atoms with Crippen molar-refractivity contribution in [2.45, 2.75) is 4.34 Å². The third-order valence-corrected chi connectivity index (χ3v) is 5.72. The highest BCUT2D eigenvalue weighted by Crippen LogP contribution is 2.30. The number of nitrogens with one attached hydrogen (secondary N) is 1. The molecule has 0 unspecified atom stereocenters. The highest BCUT2D eigenvalue weighted by Gasteiger charge is 2.07. The lowest BCUT2D eigenvalue weighted by molar-refractivity contribution is -0.111. The van der Waals surface area contributed by atoms with E-state index in [2.05, 4.69) is 10.3 Å². The number of nitriles is 1. The van der Waals surface area contributed by atoms with E-state index in [4.69, 9.17) is 14.7 Å². The van der Waals surface area contributed by atoms with Crippen molar-refractivity contribution in [2.24, 2.45) is 0 Å². The summed E-state index contributed by atoms with van der Waals surface area (Å²) in [6, 6.07) is 12.8. The molecule has 0 saturated carbocycles. The number of methoxy groups -OCH3 is 1. The molecule has 0 atom stereocenters. The van der Waals surface area contributed by atoms with Crippen LogP contribution in [0, 0.1) is 11.3 Å². The third-order valence-electron chi connectivity index (χ3n) is 3.72. The molecule has 0 spiro atoms. The molecular formula is C20H17N3O3S2. The van der Waals surface area contributed by atoms with Crippen LogP contribution in [-0.4, -0.2) is 30.9 Å². The molecule has 28 heavy (non-hydrogen) atoms. The summed E-state index contributed by atoms with van der Waals surface area (Å²) >= 11 is 3.20. The summed E-state index contributed by atoms with van der Waals surface area (Å²) in [7, 11) is 1.52. The fraction of sp³-hybridized carbons (Fsp3) is 0.150. The number of rotatable bonds is 7. The van der Waals surface area contributed by atoms with Gasteiger partial charge in [0.25, 0.3) is 0 Å². The average molecular weight is 412 g/mol. The predicted molar refractivity (Wildman–Crippen MR) is 113 cm³/mol. The van der Waals surface area contributed by atoms with Gasteiger partial charge in [-0.25, -0.2) is 4.98 Å². The van der Waals surface area contributed by atoms with Gasteiger partial charge in [-0.2, -0.15) is 5.26 Å². The van der Waals surface area contributed by atoms with Crippen LogP contribution in [0.2, 0.25) is 0 Å². The van der Waals surface area contributed by atoms with Crippen LogP contribution in [0.4, 0.5) is 5.69 Å². The summed E-state index contributed by atoms with van der Waals surface area (Å²) in [5, 5.41) is 11.5. The largest absolute Gasteiger partial charge is 0.493 e. The number of thiazole rings is 1. The number of amides is 1.